The minimum Gasteiger partial charge on any atom is -0.394 e. The fourth-order valence-corrected chi connectivity index (χ4v) is 2.07. The van der Waals surface area contributed by atoms with Crippen LogP contribution in [0.3, 0.4) is 0 Å². The number of likely N-dealkylation sites (N-methyl/N-ethyl adjacent to an activating group) is 1. The molecule has 0 saturated carbocycles. The number of nitrogens with zero attached hydrogens (tertiary/aromatic N) is 2. The van der Waals surface area contributed by atoms with Gasteiger partial charge in [-0.2, -0.15) is 0 Å². The van der Waals surface area contributed by atoms with Crippen molar-refractivity contribution in [3.63, 3.8) is 0 Å². The van der Waals surface area contributed by atoms with Gasteiger partial charge in [-0.1, -0.05) is 0 Å². The van der Waals surface area contributed by atoms with Crippen molar-refractivity contribution in [3.05, 3.63) is 0 Å². The van der Waals surface area contributed by atoms with Crippen LogP contribution in [-0.4, -0.2) is 59.5 Å². The summed E-state index contributed by atoms with van der Waals surface area (Å²) in [4.78, 5) is 26.6. The quantitative estimate of drug-likeness (QED) is 0.762. The van der Waals surface area contributed by atoms with Crippen LogP contribution in [-0.2, 0) is 9.59 Å². The van der Waals surface area contributed by atoms with Crippen molar-refractivity contribution in [1.82, 2.24) is 9.80 Å². The van der Waals surface area contributed by atoms with E-state index in [-0.39, 0.29) is 30.4 Å². The number of aliphatic hydroxyl groups is 1. The Morgan fingerprint density at radius 2 is 1.94 bits per heavy atom. The maximum atomic E-state index is 12.1. The third-order valence-electron chi connectivity index (χ3n) is 3.56. The molecule has 1 aliphatic rings. The van der Waals surface area contributed by atoms with Gasteiger partial charge in [0.25, 0.3) is 0 Å². The number of aliphatic hydroxyl groups excluding tert-OH is 1. The molecule has 1 saturated heterocycles. The molecule has 17 heavy (non-hydrogen) atoms. The van der Waals surface area contributed by atoms with E-state index in [0.29, 0.717) is 13.1 Å². The highest BCUT2D eigenvalue weighted by Gasteiger charge is 2.29. The van der Waals surface area contributed by atoms with Crippen LogP contribution < -0.4 is 0 Å². The number of hydrogen-bond acceptors (Lipinski definition) is 3. The zero-order valence-corrected chi connectivity index (χ0v) is 10.8. The van der Waals surface area contributed by atoms with E-state index >= 15 is 0 Å². The third kappa shape index (κ3) is 3.43. The van der Waals surface area contributed by atoms with Crippen LogP contribution in [0.4, 0.5) is 0 Å². The Hall–Kier alpha value is -1.10. The maximum absolute atomic E-state index is 12.1. The Labute approximate surface area is 102 Å². The van der Waals surface area contributed by atoms with Gasteiger partial charge in [-0.3, -0.25) is 9.59 Å². The van der Waals surface area contributed by atoms with Crippen molar-refractivity contribution in [1.29, 1.82) is 0 Å². The Kier molecular flexibility index (Phi) is 4.93. The van der Waals surface area contributed by atoms with E-state index in [9.17, 15) is 9.59 Å². The predicted octanol–water partition coefficient (Wildman–Crippen LogP) is 0.0841. The number of rotatable bonds is 3. The third-order valence-corrected chi connectivity index (χ3v) is 3.56. The van der Waals surface area contributed by atoms with Gasteiger partial charge >= 0.3 is 0 Å². The Bertz CT molecular complexity index is 285. The first-order chi connectivity index (χ1) is 7.97. The second kappa shape index (κ2) is 6.00. The van der Waals surface area contributed by atoms with E-state index in [1.807, 2.05) is 6.92 Å². The topological polar surface area (TPSA) is 60.9 Å². The summed E-state index contributed by atoms with van der Waals surface area (Å²) >= 11 is 0. The highest BCUT2D eigenvalue weighted by atomic mass is 16.3. The van der Waals surface area contributed by atoms with Crippen LogP contribution in [0.15, 0.2) is 0 Å². The molecule has 0 aromatic rings. The molecule has 0 bridgehead atoms. The standard InChI is InChI=1S/C12H22N2O3/c1-9(8-15)13(3)12(17)11-4-6-14(7-5-11)10(2)16/h9,11,15H,4-8H2,1-3H3. The van der Waals surface area contributed by atoms with E-state index in [1.165, 1.54) is 0 Å². The van der Waals surface area contributed by atoms with Crippen LogP contribution in [0.2, 0.25) is 0 Å². The summed E-state index contributed by atoms with van der Waals surface area (Å²) in [6, 6.07) is -0.145. The Morgan fingerprint density at radius 1 is 1.41 bits per heavy atom. The number of piperidine rings is 1. The number of carbonyl (C=O) groups is 2. The Balaban J connectivity index is 2.48. The van der Waals surface area contributed by atoms with Crippen LogP contribution in [0.1, 0.15) is 26.7 Å². The SMILES string of the molecule is CC(=O)N1CCC(C(=O)N(C)C(C)CO)CC1. The molecule has 0 aromatic carbocycles. The van der Waals surface area contributed by atoms with Gasteiger partial charge in [0.1, 0.15) is 0 Å². The minimum absolute atomic E-state index is 0.00963. The summed E-state index contributed by atoms with van der Waals surface area (Å²) in [6.45, 7) is 4.68. The number of likely N-dealkylation sites (tertiary alicyclic amines) is 1. The molecule has 1 rings (SSSR count). The Morgan fingerprint density at radius 3 is 2.35 bits per heavy atom. The maximum Gasteiger partial charge on any atom is 0.225 e. The molecule has 0 radical (unpaired) electrons. The van der Waals surface area contributed by atoms with Crippen molar-refractivity contribution in [2.24, 2.45) is 5.92 Å². The fraction of sp³-hybridized carbons (Fsp3) is 0.833. The molecule has 1 N–H and O–H groups in total. The number of amides is 2. The summed E-state index contributed by atoms with van der Waals surface area (Å²) in [5.74, 6) is 0.146. The van der Waals surface area contributed by atoms with Crippen LogP contribution in [0, 0.1) is 5.92 Å². The van der Waals surface area contributed by atoms with Gasteiger partial charge < -0.3 is 14.9 Å². The highest BCUT2D eigenvalue weighted by molar-refractivity contribution is 5.79. The van der Waals surface area contributed by atoms with E-state index < -0.39 is 0 Å². The van der Waals surface area contributed by atoms with Crippen molar-refractivity contribution < 1.29 is 14.7 Å². The molecule has 1 aliphatic heterocycles. The smallest absolute Gasteiger partial charge is 0.225 e. The molecule has 0 spiro atoms. The van der Waals surface area contributed by atoms with E-state index in [0.717, 1.165) is 12.8 Å². The van der Waals surface area contributed by atoms with Gasteiger partial charge in [0, 0.05) is 33.0 Å². The first-order valence-corrected chi connectivity index (χ1v) is 6.10. The van der Waals surface area contributed by atoms with Crippen LogP contribution in [0.5, 0.6) is 0 Å². The largest absolute Gasteiger partial charge is 0.394 e. The van der Waals surface area contributed by atoms with Crippen LogP contribution in [0.25, 0.3) is 0 Å². The lowest BCUT2D eigenvalue weighted by Gasteiger charge is -2.34. The summed E-state index contributed by atoms with van der Waals surface area (Å²) in [5, 5.41) is 9.02. The monoisotopic (exact) mass is 242 g/mol. The molecule has 0 aromatic heterocycles. The predicted molar refractivity (Wildman–Crippen MR) is 64.3 cm³/mol. The van der Waals surface area contributed by atoms with Crippen molar-refractivity contribution in [2.75, 3.05) is 26.7 Å². The fourth-order valence-electron chi connectivity index (χ4n) is 2.07. The lowest BCUT2D eigenvalue weighted by molar-refractivity contribution is -0.141. The van der Waals surface area contributed by atoms with E-state index in [4.69, 9.17) is 5.11 Å². The minimum atomic E-state index is -0.145. The zero-order valence-electron chi connectivity index (χ0n) is 10.8. The molecule has 5 nitrogen and oxygen atoms in total. The van der Waals surface area contributed by atoms with Gasteiger partial charge in [0.2, 0.25) is 11.8 Å². The number of hydrogen-bond donors (Lipinski definition) is 1. The molecule has 1 atom stereocenters. The van der Waals surface area contributed by atoms with Gasteiger partial charge in [0.05, 0.1) is 12.6 Å². The summed E-state index contributed by atoms with van der Waals surface area (Å²) in [5.41, 5.74) is 0. The second-order valence-electron chi connectivity index (χ2n) is 4.76. The molecule has 98 valence electrons. The average Bonchev–Trinajstić information content (AvgIpc) is 2.36. The second-order valence-corrected chi connectivity index (χ2v) is 4.76. The first kappa shape index (κ1) is 14.0. The molecule has 2 amide bonds. The lowest BCUT2D eigenvalue weighted by atomic mass is 9.95. The van der Waals surface area contributed by atoms with Gasteiger partial charge in [-0.05, 0) is 19.8 Å². The number of carbonyl (C=O) groups excluding carboxylic acids is 2. The van der Waals surface area contributed by atoms with Crippen LogP contribution >= 0.6 is 0 Å². The van der Waals surface area contributed by atoms with Crippen molar-refractivity contribution in [3.8, 4) is 0 Å². The van der Waals surface area contributed by atoms with E-state index in [1.54, 1.807) is 23.8 Å². The molecule has 1 unspecified atom stereocenters. The molecule has 1 fully saturated rings. The molecular formula is C12H22N2O3. The molecular weight excluding hydrogens is 220 g/mol. The molecule has 0 aliphatic carbocycles. The highest BCUT2D eigenvalue weighted by Crippen LogP contribution is 2.20. The summed E-state index contributed by atoms with van der Waals surface area (Å²) < 4.78 is 0. The first-order valence-electron chi connectivity index (χ1n) is 6.10. The summed E-state index contributed by atoms with van der Waals surface area (Å²) in [7, 11) is 1.72. The van der Waals surface area contributed by atoms with Gasteiger partial charge in [-0.25, -0.2) is 0 Å². The lowest BCUT2D eigenvalue weighted by Crippen LogP contribution is -2.45. The van der Waals surface area contributed by atoms with Gasteiger partial charge in [-0.15, -0.1) is 0 Å². The summed E-state index contributed by atoms with van der Waals surface area (Å²) in [6.07, 6.45) is 1.45. The van der Waals surface area contributed by atoms with Crippen molar-refractivity contribution >= 4 is 11.8 Å². The molecule has 1 heterocycles. The average molecular weight is 242 g/mol. The van der Waals surface area contributed by atoms with E-state index in [2.05, 4.69) is 0 Å². The zero-order chi connectivity index (χ0) is 13.0. The normalized spacial score (nSPS) is 18.9. The molecule has 5 heteroatoms. The van der Waals surface area contributed by atoms with Crippen molar-refractivity contribution in [2.45, 2.75) is 32.7 Å². The van der Waals surface area contributed by atoms with Gasteiger partial charge in [0.15, 0.2) is 0 Å².